The Balaban J connectivity index is 1.70. The number of ether oxygens (including phenoxy) is 2. The second-order valence-corrected chi connectivity index (χ2v) is 8.60. The van der Waals surface area contributed by atoms with E-state index in [1.807, 2.05) is 42.6 Å². The van der Waals surface area contributed by atoms with Crippen molar-refractivity contribution >= 4 is 29.0 Å². The van der Waals surface area contributed by atoms with Crippen LogP contribution in [0.4, 0.5) is 5.69 Å². The van der Waals surface area contributed by atoms with Crippen LogP contribution in [0, 0.1) is 6.92 Å². The fourth-order valence-electron chi connectivity index (χ4n) is 4.07. The van der Waals surface area contributed by atoms with Crippen LogP contribution in [0.25, 0.3) is 5.76 Å². The van der Waals surface area contributed by atoms with E-state index in [9.17, 15) is 0 Å². The zero-order valence-corrected chi connectivity index (χ0v) is 18.8. The Morgan fingerprint density at radius 1 is 0.875 bits per heavy atom. The molecule has 0 N–H and O–H groups in total. The van der Waals surface area contributed by atoms with E-state index in [4.69, 9.17) is 14.5 Å². The van der Waals surface area contributed by atoms with Gasteiger partial charge in [0, 0.05) is 23.3 Å². The minimum Gasteiger partial charge on any atom is -0.497 e. The third-order valence-corrected chi connectivity index (χ3v) is 6.55. The first-order valence-electron chi connectivity index (χ1n) is 10.5. The molecule has 1 aliphatic heterocycles. The van der Waals surface area contributed by atoms with Crippen molar-refractivity contribution in [1.29, 1.82) is 0 Å². The standard InChI is InChI=1S/C28H23NO2S/c1-19-8-3-4-9-22(19)27-23-10-5-6-11-25(23)31-28(26-12-7-17-32-26)24(27)18-29-20-13-15-21(30-2)16-14-20/h3-18,27H,1-2H3. The van der Waals surface area contributed by atoms with E-state index in [0.29, 0.717) is 0 Å². The van der Waals surface area contributed by atoms with E-state index in [2.05, 4.69) is 60.8 Å². The van der Waals surface area contributed by atoms with Gasteiger partial charge >= 0.3 is 0 Å². The molecular formula is C28H23NO2S. The van der Waals surface area contributed by atoms with Crippen LogP contribution in [-0.2, 0) is 0 Å². The highest BCUT2D eigenvalue weighted by atomic mass is 32.1. The Hall–Kier alpha value is -3.63. The molecular weight excluding hydrogens is 414 g/mol. The van der Waals surface area contributed by atoms with E-state index in [0.717, 1.165) is 39.0 Å². The van der Waals surface area contributed by atoms with Crippen LogP contribution < -0.4 is 9.47 Å². The minimum absolute atomic E-state index is 0.0280. The van der Waals surface area contributed by atoms with Gasteiger partial charge in [0.05, 0.1) is 17.7 Å². The Morgan fingerprint density at radius 2 is 1.62 bits per heavy atom. The summed E-state index contributed by atoms with van der Waals surface area (Å²) in [5.41, 5.74) is 5.57. The third-order valence-electron chi connectivity index (χ3n) is 5.68. The van der Waals surface area contributed by atoms with Crippen LogP contribution in [0.2, 0.25) is 0 Å². The van der Waals surface area contributed by atoms with Crippen LogP contribution in [-0.4, -0.2) is 13.3 Å². The lowest BCUT2D eigenvalue weighted by molar-refractivity contribution is 0.415. The second-order valence-electron chi connectivity index (χ2n) is 7.65. The van der Waals surface area contributed by atoms with Gasteiger partial charge in [-0.1, -0.05) is 48.5 Å². The van der Waals surface area contributed by atoms with Crippen molar-refractivity contribution in [3.8, 4) is 11.5 Å². The number of aliphatic imine (C=N–C) groups is 1. The molecule has 4 heteroatoms. The molecule has 0 spiro atoms. The van der Waals surface area contributed by atoms with Crippen LogP contribution in [0.15, 0.2) is 101 Å². The Bertz CT molecular complexity index is 1290. The maximum atomic E-state index is 6.48. The number of methoxy groups -OCH3 is 1. The summed E-state index contributed by atoms with van der Waals surface area (Å²) in [4.78, 5) is 5.92. The third kappa shape index (κ3) is 3.85. The van der Waals surface area contributed by atoms with Crippen LogP contribution >= 0.6 is 11.3 Å². The van der Waals surface area contributed by atoms with Crippen molar-refractivity contribution in [2.45, 2.75) is 12.8 Å². The lowest BCUT2D eigenvalue weighted by Gasteiger charge is -2.30. The number of para-hydroxylation sites is 1. The van der Waals surface area contributed by atoms with Gasteiger partial charge in [0.15, 0.2) is 0 Å². The molecule has 1 aliphatic rings. The van der Waals surface area contributed by atoms with Crippen molar-refractivity contribution in [3.63, 3.8) is 0 Å². The predicted octanol–water partition coefficient (Wildman–Crippen LogP) is 7.40. The minimum atomic E-state index is 0.0280. The molecule has 158 valence electrons. The van der Waals surface area contributed by atoms with E-state index < -0.39 is 0 Å². The molecule has 3 nitrogen and oxygen atoms in total. The van der Waals surface area contributed by atoms with E-state index >= 15 is 0 Å². The van der Waals surface area contributed by atoms with Crippen molar-refractivity contribution in [2.75, 3.05) is 7.11 Å². The maximum absolute atomic E-state index is 6.48. The maximum Gasteiger partial charge on any atom is 0.150 e. The predicted molar refractivity (Wildman–Crippen MR) is 132 cm³/mol. The zero-order valence-electron chi connectivity index (χ0n) is 18.0. The van der Waals surface area contributed by atoms with Gasteiger partial charge in [-0.15, -0.1) is 11.3 Å². The number of allylic oxidation sites excluding steroid dienone is 1. The monoisotopic (exact) mass is 437 g/mol. The average molecular weight is 438 g/mol. The first-order chi connectivity index (χ1) is 15.7. The molecule has 0 saturated carbocycles. The molecule has 0 saturated heterocycles. The summed E-state index contributed by atoms with van der Waals surface area (Å²) in [6.45, 7) is 2.16. The molecule has 0 fully saturated rings. The van der Waals surface area contributed by atoms with Gasteiger partial charge in [-0.25, -0.2) is 0 Å². The Morgan fingerprint density at radius 3 is 2.34 bits per heavy atom. The topological polar surface area (TPSA) is 30.8 Å². The summed E-state index contributed by atoms with van der Waals surface area (Å²) >= 11 is 1.67. The summed E-state index contributed by atoms with van der Waals surface area (Å²) in [6, 6.07) is 28.8. The molecule has 1 aromatic heterocycles. The molecule has 32 heavy (non-hydrogen) atoms. The van der Waals surface area contributed by atoms with E-state index in [-0.39, 0.29) is 5.92 Å². The molecule has 5 rings (SSSR count). The molecule has 4 aromatic rings. The second kappa shape index (κ2) is 8.85. The summed E-state index contributed by atoms with van der Waals surface area (Å²) in [7, 11) is 1.67. The van der Waals surface area contributed by atoms with Gasteiger partial charge in [0.25, 0.3) is 0 Å². The number of rotatable bonds is 5. The van der Waals surface area contributed by atoms with Crippen molar-refractivity contribution in [2.24, 2.45) is 4.99 Å². The smallest absolute Gasteiger partial charge is 0.150 e. The molecule has 0 radical (unpaired) electrons. The van der Waals surface area contributed by atoms with E-state index in [1.165, 1.54) is 11.1 Å². The van der Waals surface area contributed by atoms with Crippen LogP contribution in [0.3, 0.4) is 0 Å². The van der Waals surface area contributed by atoms with Gasteiger partial charge in [0.2, 0.25) is 0 Å². The number of nitrogens with zero attached hydrogens (tertiary/aromatic N) is 1. The highest BCUT2D eigenvalue weighted by Gasteiger charge is 2.31. The molecule has 0 amide bonds. The van der Waals surface area contributed by atoms with Gasteiger partial charge in [-0.05, 0) is 59.8 Å². The summed E-state index contributed by atoms with van der Waals surface area (Å²) in [5, 5.41) is 2.08. The lowest BCUT2D eigenvalue weighted by atomic mass is 9.80. The van der Waals surface area contributed by atoms with Crippen LogP contribution in [0.5, 0.6) is 11.5 Å². The Kier molecular flexibility index (Phi) is 5.61. The summed E-state index contributed by atoms with van der Waals surface area (Å²) < 4.78 is 11.8. The van der Waals surface area contributed by atoms with Crippen molar-refractivity contribution in [3.05, 3.63) is 117 Å². The molecule has 0 aliphatic carbocycles. The fourth-order valence-corrected chi connectivity index (χ4v) is 4.80. The zero-order chi connectivity index (χ0) is 21.9. The SMILES string of the molecule is COc1ccc(N=CC2=C(c3cccs3)Oc3ccccc3C2c2ccccc2C)cc1. The fraction of sp³-hybridized carbons (Fsp3) is 0.107. The molecule has 3 aromatic carbocycles. The molecule has 0 bridgehead atoms. The van der Waals surface area contributed by atoms with Crippen LogP contribution in [0.1, 0.15) is 27.5 Å². The van der Waals surface area contributed by atoms with Crippen molar-refractivity contribution < 1.29 is 9.47 Å². The molecule has 2 heterocycles. The summed E-state index contributed by atoms with van der Waals surface area (Å²) in [5.74, 6) is 2.60. The lowest BCUT2D eigenvalue weighted by Crippen LogP contribution is -2.17. The highest BCUT2D eigenvalue weighted by molar-refractivity contribution is 7.11. The molecule has 1 atom stereocenters. The molecule has 1 unspecified atom stereocenters. The number of aryl methyl sites for hydroxylation is 1. The average Bonchev–Trinajstić information content (AvgIpc) is 3.38. The first kappa shape index (κ1) is 20.3. The number of hydrogen-bond donors (Lipinski definition) is 0. The van der Waals surface area contributed by atoms with Gasteiger partial charge in [-0.2, -0.15) is 0 Å². The first-order valence-corrected chi connectivity index (χ1v) is 11.4. The van der Waals surface area contributed by atoms with E-state index in [1.54, 1.807) is 18.4 Å². The summed E-state index contributed by atoms with van der Waals surface area (Å²) in [6.07, 6.45) is 1.96. The Labute approximate surface area is 192 Å². The quantitative estimate of drug-likeness (QED) is 0.305. The normalized spacial score (nSPS) is 15.5. The highest BCUT2D eigenvalue weighted by Crippen LogP contribution is 2.46. The largest absolute Gasteiger partial charge is 0.497 e. The number of benzene rings is 3. The van der Waals surface area contributed by atoms with Crippen molar-refractivity contribution in [1.82, 2.24) is 0 Å². The number of fused-ring (bicyclic) bond motifs is 1. The number of thiophene rings is 1. The number of hydrogen-bond acceptors (Lipinski definition) is 4. The van der Waals surface area contributed by atoms with Gasteiger partial charge in [0.1, 0.15) is 17.3 Å². The van der Waals surface area contributed by atoms with Gasteiger partial charge < -0.3 is 9.47 Å². The van der Waals surface area contributed by atoms with Gasteiger partial charge in [-0.3, -0.25) is 4.99 Å².